The molecule has 3 unspecified atom stereocenters. The average molecular weight is 487 g/mol. The first-order valence-electron chi connectivity index (χ1n) is 13.3. The smallest absolute Gasteiger partial charge is 0.190 e. The van der Waals surface area contributed by atoms with Crippen LogP contribution in [-0.2, 0) is 42.6 Å². The zero-order valence-electron chi connectivity index (χ0n) is 20.7. The van der Waals surface area contributed by atoms with Gasteiger partial charge in [-0.3, -0.25) is 0 Å². The lowest BCUT2D eigenvalue weighted by atomic mass is 9.94. The van der Waals surface area contributed by atoms with Crippen LogP contribution in [0.4, 0.5) is 0 Å². The number of hydrogen-bond acceptors (Lipinski definition) is 9. The first kappa shape index (κ1) is 25.3. The summed E-state index contributed by atoms with van der Waals surface area (Å²) in [5.41, 5.74) is 0. The Morgan fingerprint density at radius 1 is 0.765 bits per heavy atom. The van der Waals surface area contributed by atoms with Gasteiger partial charge in [-0.05, 0) is 32.6 Å². The molecule has 0 amide bonds. The monoisotopic (exact) mass is 486 g/mol. The van der Waals surface area contributed by atoms with Crippen molar-refractivity contribution < 1.29 is 42.6 Å². The standard InChI is InChI=1S/C25H42O9/c1-18(28-16-15-27-14-13-26-2)30-23-22-21(33-25(34-22)11-7-4-8-12-25)20(31-23)19-17-29-24(32-19)9-5-3-6-10-24/h18-23H,3-17H2,1-2H3/t18?,19?,20-,21+,22+,23?/m1/s1. The molecular formula is C25H42O9. The van der Waals surface area contributed by atoms with Crippen molar-refractivity contribution >= 4 is 0 Å². The van der Waals surface area contributed by atoms with E-state index in [1.54, 1.807) is 7.11 Å². The molecule has 6 atom stereocenters. The van der Waals surface area contributed by atoms with E-state index in [9.17, 15) is 0 Å². The Bertz CT molecular complexity index is 634. The zero-order valence-corrected chi connectivity index (χ0v) is 20.7. The molecule has 0 aromatic carbocycles. The second-order valence-corrected chi connectivity index (χ2v) is 10.2. The van der Waals surface area contributed by atoms with Crippen LogP contribution in [0, 0.1) is 0 Å². The maximum absolute atomic E-state index is 6.63. The molecule has 2 aliphatic carbocycles. The highest BCUT2D eigenvalue weighted by Gasteiger charge is 2.62. The summed E-state index contributed by atoms with van der Waals surface area (Å²) in [6.45, 7) is 4.42. The van der Waals surface area contributed by atoms with E-state index in [4.69, 9.17) is 42.6 Å². The van der Waals surface area contributed by atoms with Crippen molar-refractivity contribution in [1.82, 2.24) is 0 Å². The predicted octanol–water partition coefficient (Wildman–Crippen LogP) is 3.27. The van der Waals surface area contributed by atoms with Gasteiger partial charge in [-0.15, -0.1) is 0 Å². The summed E-state index contributed by atoms with van der Waals surface area (Å²) in [4.78, 5) is 0. The second-order valence-electron chi connectivity index (χ2n) is 10.2. The van der Waals surface area contributed by atoms with Gasteiger partial charge in [0.25, 0.3) is 0 Å². The fraction of sp³-hybridized carbons (Fsp3) is 1.00. The van der Waals surface area contributed by atoms with Crippen LogP contribution in [-0.4, -0.2) is 88.7 Å². The third kappa shape index (κ3) is 5.63. The van der Waals surface area contributed by atoms with Gasteiger partial charge in [0.15, 0.2) is 24.2 Å². The van der Waals surface area contributed by atoms with Crippen LogP contribution in [0.3, 0.4) is 0 Å². The van der Waals surface area contributed by atoms with Gasteiger partial charge in [-0.25, -0.2) is 0 Å². The van der Waals surface area contributed by atoms with Crippen LogP contribution >= 0.6 is 0 Å². The molecule has 0 aromatic heterocycles. The molecule has 0 bridgehead atoms. The van der Waals surface area contributed by atoms with Crippen LogP contribution in [0.1, 0.15) is 71.1 Å². The van der Waals surface area contributed by atoms with E-state index in [1.165, 1.54) is 12.8 Å². The van der Waals surface area contributed by atoms with Gasteiger partial charge in [0.1, 0.15) is 24.4 Å². The normalized spacial score (nSPS) is 37.4. The van der Waals surface area contributed by atoms with E-state index in [2.05, 4.69) is 0 Å². The molecule has 2 spiro atoms. The fourth-order valence-electron chi connectivity index (χ4n) is 6.00. The number of fused-ring (bicyclic) bond motifs is 1. The van der Waals surface area contributed by atoms with Crippen molar-refractivity contribution in [2.75, 3.05) is 40.1 Å². The lowest BCUT2D eigenvalue weighted by Gasteiger charge is -2.35. The van der Waals surface area contributed by atoms with Gasteiger partial charge in [-0.2, -0.15) is 0 Å². The first-order chi connectivity index (χ1) is 16.6. The largest absolute Gasteiger partial charge is 0.382 e. The summed E-state index contributed by atoms with van der Waals surface area (Å²) in [6.07, 6.45) is 8.64. The molecule has 0 aromatic rings. The maximum atomic E-state index is 6.63. The Morgan fingerprint density at radius 3 is 2.18 bits per heavy atom. The number of hydrogen-bond donors (Lipinski definition) is 0. The summed E-state index contributed by atoms with van der Waals surface area (Å²) in [5.74, 6) is -0.986. The second kappa shape index (κ2) is 11.4. The van der Waals surface area contributed by atoms with Crippen LogP contribution in [0.15, 0.2) is 0 Å². The minimum atomic E-state index is -0.577. The number of methoxy groups -OCH3 is 1. The van der Waals surface area contributed by atoms with Crippen molar-refractivity contribution in [3.05, 3.63) is 0 Å². The van der Waals surface area contributed by atoms with E-state index >= 15 is 0 Å². The van der Waals surface area contributed by atoms with Gasteiger partial charge in [-0.1, -0.05) is 12.8 Å². The predicted molar refractivity (Wildman–Crippen MR) is 120 cm³/mol. The van der Waals surface area contributed by atoms with Crippen molar-refractivity contribution in [2.45, 2.75) is 120 Å². The molecular weight excluding hydrogens is 444 g/mol. The molecule has 5 fully saturated rings. The topological polar surface area (TPSA) is 83.1 Å². The van der Waals surface area contributed by atoms with Crippen LogP contribution in [0.25, 0.3) is 0 Å². The quantitative estimate of drug-likeness (QED) is 0.341. The molecule has 5 aliphatic rings. The molecule has 3 heterocycles. The SMILES string of the molecule is COCCOCCOC(C)OC1O[C@H](C2COC3(CCCCC3)O2)[C@@H]2OC3(CCCCC3)O[C@H]12. The summed E-state index contributed by atoms with van der Waals surface area (Å²) >= 11 is 0. The zero-order chi connectivity index (χ0) is 23.4. The highest BCUT2D eigenvalue weighted by molar-refractivity contribution is 5.02. The van der Waals surface area contributed by atoms with Gasteiger partial charge in [0.05, 0.1) is 33.0 Å². The summed E-state index contributed by atoms with van der Waals surface area (Å²) in [5, 5.41) is 0. The van der Waals surface area contributed by atoms with E-state index in [0.717, 1.165) is 51.4 Å². The van der Waals surface area contributed by atoms with Crippen molar-refractivity contribution in [3.8, 4) is 0 Å². The Labute approximate surface area is 202 Å². The van der Waals surface area contributed by atoms with E-state index in [-0.39, 0.29) is 24.4 Å². The average Bonchev–Trinajstić information content (AvgIpc) is 3.50. The Hall–Kier alpha value is -0.360. The summed E-state index contributed by atoms with van der Waals surface area (Å²) in [6, 6.07) is 0. The van der Waals surface area contributed by atoms with Crippen molar-refractivity contribution in [1.29, 1.82) is 0 Å². The van der Waals surface area contributed by atoms with Gasteiger partial charge in [0, 0.05) is 32.8 Å². The number of ether oxygens (including phenoxy) is 9. The lowest BCUT2D eigenvalue weighted by Crippen LogP contribution is -2.43. The molecule has 9 heteroatoms. The van der Waals surface area contributed by atoms with E-state index < -0.39 is 24.2 Å². The van der Waals surface area contributed by atoms with Crippen molar-refractivity contribution in [2.24, 2.45) is 0 Å². The molecule has 2 saturated carbocycles. The Kier molecular flexibility index (Phi) is 8.45. The molecule has 3 saturated heterocycles. The van der Waals surface area contributed by atoms with Crippen LogP contribution in [0.2, 0.25) is 0 Å². The molecule has 9 nitrogen and oxygen atoms in total. The van der Waals surface area contributed by atoms with Crippen LogP contribution < -0.4 is 0 Å². The molecule has 196 valence electrons. The third-order valence-corrected chi connectivity index (χ3v) is 7.72. The van der Waals surface area contributed by atoms with E-state index in [0.29, 0.717) is 33.0 Å². The maximum Gasteiger partial charge on any atom is 0.190 e. The Balaban J connectivity index is 1.20. The van der Waals surface area contributed by atoms with Crippen LogP contribution in [0.5, 0.6) is 0 Å². The van der Waals surface area contributed by atoms with Gasteiger partial charge >= 0.3 is 0 Å². The van der Waals surface area contributed by atoms with Gasteiger partial charge in [0.2, 0.25) is 0 Å². The van der Waals surface area contributed by atoms with Crippen molar-refractivity contribution in [3.63, 3.8) is 0 Å². The van der Waals surface area contributed by atoms with Gasteiger partial charge < -0.3 is 42.6 Å². The van der Waals surface area contributed by atoms with E-state index in [1.807, 2.05) is 6.92 Å². The minimum absolute atomic E-state index is 0.188. The minimum Gasteiger partial charge on any atom is -0.382 e. The summed E-state index contributed by atoms with van der Waals surface area (Å²) in [7, 11) is 1.65. The molecule has 5 rings (SSSR count). The third-order valence-electron chi connectivity index (χ3n) is 7.72. The molecule has 34 heavy (non-hydrogen) atoms. The highest BCUT2D eigenvalue weighted by Crippen LogP contribution is 2.49. The Morgan fingerprint density at radius 2 is 1.44 bits per heavy atom. The first-order valence-corrected chi connectivity index (χ1v) is 13.3. The highest BCUT2D eigenvalue weighted by atomic mass is 16.8. The number of rotatable bonds is 10. The molecule has 0 N–H and O–H groups in total. The fourth-order valence-corrected chi connectivity index (χ4v) is 6.00. The molecule has 0 radical (unpaired) electrons. The lowest BCUT2D eigenvalue weighted by molar-refractivity contribution is -0.296. The molecule has 3 aliphatic heterocycles. The summed E-state index contributed by atoms with van der Waals surface area (Å²) < 4.78 is 54.8.